The minimum atomic E-state index is 0.647. The highest BCUT2D eigenvalue weighted by Gasteiger charge is 2.14. The Hall–Kier alpha value is -4.66. The van der Waals surface area contributed by atoms with Crippen molar-refractivity contribution in [3.8, 4) is 22.9 Å². The van der Waals surface area contributed by atoms with Gasteiger partial charge in [0.15, 0.2) is 11.6 Å². The zero-order valence-corrected chi connectivity index (χ0v) is 20.4. The first-order valence-electron chi connectivity index (χ1n) is 11.7. The number of ether oxygens (including phenoxy) is 1. The molecule has 9 heteroatoms. The van der Waals surface area contributed by atoms with E-state index in [2.05, 4.69) is 61.0 Å². The highest BCUT2D eigenvalue weighted by Crippen LogP contribution is 2.33. The highest BCUT2D eigenvalue weighted by atomic mass is 16.5. The number of tetrazole rings is 1. The number of aryl methyl sites for hydroxylation is 5. The van der Waals surface area contributed by atoms with Crippen LogP contribution < -0.4 is 10.1 Å². The molecule has 2 N–H and O–H groups in total. The second-order valence-electron chi connectivity index (χ2n) is 8.53. The third-order valence-corrected chi connectivity index (χ3v) is 5.89. The maximum atomic E-state index is 6.31. The highest BCUT2D eigenvalue weighted by molar-refractivity contribution is 5.65. The molecule has 0 atom stereocenters. The first-order valence-corrected chi connectivity index (χ1v) is 11.7. The Kier molecular flexibility index (Phi) is 6.61. The summed E-state index contributed by atoms with van der Waals surface area (Å²) in [6.07, 6.45) is 5.00. The average molecular weight is 479 g/mol. The van der Waals surface area contributed by atoms with E-state index in [9.17, 15) is 0 Å². The Morgan fingerprint density at radius 3 is 2.61 bits per heavy atom. The lowest BCUT2D eigenvalue weighted by molar-refractivity contribution is 0.481. The van der Waals surface area contributed by atoms with Crippen molar-refractivity contribution >= 4 is 11.5 Å². The van der Waals surface area contributed by atoms with Gasteiger partial charge < -0.3 is 10.1 Å². The number of benzene rings is 1. The summed E-state index contributed by atoms with van der Waals surface area (Å²) in [4.78, 5) is 13.7. The van der Waals surface area contributed by atoms with E-state index in [0.29, 0.717) is 35.3 Å². The lowest BCUT2D eigenvalue weighted by Gasteiger charge is -2.14. The van der Waals surface area contributed by atoms with Crippen LogP contribution in [0.1, 0.15) is 28.2 Å². The SMILES string of the molecule is Cc1ccc(CCc2nn[nH]n2)cc1Nc1cc(Oc2cc(C)c(C)nc2-c2ccccn2)ccn1. The predicted octanol–water partition coefficient (Wildman–Crippen LogP) is 5.30. The normalized spacial score (nSPS) is 10.9. The van der Waals surface area contributed by atoms with Gasteiger partial charge in [-0.05, 0) is 74.2 Å². The maximum absolute atomic E-state index is 6.31. The summed E-state index contributed by atoms with van der Waals surface area (Å²) in [6.45, 7) is 6.07. The molecule has 9 nitrogen and oxygen atoms in total. The fourth-order valence-corrected chi connectivity index (χ4v) is 3.76. The molecule has 0 unspecified atom stereocenters. The van der Waals surface area contributed by atoms with Crippen molar-refractivity contribution in [3.05, 3.63) is 95.2 Å². The van der Waals surface area contributed by atoms with Crippen LogP contribution in [0.5, 0.6) is 11.5 Å². The first kappa shape index (κ1) is 23.1. The lowest BCUT2D eigenvalue weighted by Crippen LogP contribution is -2.00. The van der Waals surface area contributed by atoms with Crippen LogP contribution in [-0.2, 0) is 12.8 Å². The van der Waals surface area contributed by atoms with Gasteiger partial charge in [-0.15, -0.1) is 10.2 Å². The third kappa shape index (κ3) is 5.35. The average Bonchev–Trinajstić information content (AvgIpc) is 3.41. The zero-order chi connectivity index (χ0) is 24.9. The first-order chi connectivity index (χ1) is 17.5. The van der Waals surface area contributed by atoms with Crippen molar-refractivity contribution in [2.24, 2.45) is 0 Å². The van der Waals surface area contributed by atoms with E-state index in [1.807, 2.05) is 50.2 Å². The van der Waals surface area contributed by atoms with Gasteiger partial charge in [0.1, 0.15) is 17.3 Å². The van der Waals surface area contributed by atoms with E-state index in [4.69, 9.17) is 9.72 Å². The molecule has 0 saturated carbocycles. The summed E-state index contributed by atoms with van der Waals surface area (Å²) in [6, 6.07) is 17.8. The Bertz CT molecular complexity index is 1470. The maximum Gasteiger partial charge on any atom is 0.174 e. The van der Waals surface area contributed by atoms with Crippen molar-refractivity contribution < 1.29 is 4.74 Å². The summed E-state index contributed by atoms with van der Waals surface area (Å²) in [5, 5.41) is 17.6. The van der Waals surface area contributed by atoms with E-state index in [0.717, 1.165) is 34.6 Å². The molecule has 0 aliphatic rings. The molecule has 5 rings (SSSR count). The van der Waals surface area contributed by atoms with Crippen LogP contribution in [-0.4, -0.2) is 35.6 Å². The summed E-state index contributed by atoms with van der Waals surface area (Å²) in [5.41, 5.74) is 6.71. The lowest BCUT2D eigenvalue weighted by atomic mass is 10.1. The molecule has 180 valence electrons. The summed E-state index contributed by atoms with van der Waals surface area (Å²) >= 11 is 0. The van der Waals surface area contributed by atoms with Gasteiger partial charge in [0.25, 0.3) is 0 Å². The Morgan fingerprint density at radius 2 is 1.81 bits per heavy atom. The number of rotatable bonds is 8. The monoisotopic (exact) mass is 478 g/mol. The molecule has 5 aromatic rings. The van der Waals surface area contributed by atoms with Crippen LogP contribution in [0, 0.1) is 20.8 Å². The molecule has 4 heterocycles. The van der Waals surface area contributed by atoms with Gasteiger partial charge in [-0.1, -0.05) is 23.4 Å². The Morgan fingerprint density at radius 1 is 0.889 bits per heavy atom. The molecular weight excluding hydrogens is 452 g/mol. The molecular formula is C27H26N8O. The molecule has 36 heavy (non-hydrogen) atoms. The fourth-order valence-electron chi connectivity index (χ4n) is 3.76. The quantitative estimate of drug-likeness (QED) is 0.309. The standard InChI is InChI=1S/C27H26N8O/c1-17-7-8-20(9-10-25-32-34-35-33-25)15-23(17)31-26-16-21(11-13-29-26)36-24-14-18(2)19(3)30-27(24)22-6-4-5-12-28-22/h4-8,11-16H,9-10H2,1-3H3,(H,29,31)(H,32,33,34,35). The van der Waals surface area contributed by atoms with E-state index >= 15 is 0 Å². The second kappa shape index (κ2) is 10.3. The van der Waals surface area contributed by atoms with Gasteiger partial charge in [-0.3, -0.25) is 4.98 Å². The number of hydrogen-bond acceptors (Lipinski definition) is 8. The number of H-pyrrole nitrogens is 1. The largest absolute Gasteiger partial charge is 0.455 e. The number of nitrogens with zero attached hydrogens (tertiary/aromatic N) is 6. The number of nitrogens with one attached hydrogen (secondary N) is 2. The molecule has 0 spiro atoms. The molecule has 0 aliphatic heterocycles. The number of anilines is 2. The van der Waals surface area contributed by atoms with E-state index in [1.165, 1.54) is 5.56 Å². The van der Waals surface area contributed by atoms with Crippen molar-refractivity contribution in [2.45, 2.75) is 33.6 Å². The van der Waals surface area contributed by atoms with Crippen LogP contribution >= 0.6 is 0 Å². The Balaban J connectivity index is 1.37. The van der Waals surface area contributed by atoms with Gasteiger partial charge in [0, 0.05) is 36.3 Å². The summed E-state index contributed by atoms with van der Waals surface area (Å²) in [5.74, 6) is 2.68. The molecule has 0 fully saturated rings. The van der Waals surface area contributed by atoms with Crippen molar-refractivity contribution in [1.82, 2.24) is 35.6 Å². The minimum absolute atomic E-state index is 0.647. The zero-order valence-electron chi connectivity index (χ0n) is 20.4. The molecule has 0 radical (unpaired) electrons. The molecule has 0 bridgehead atoms. The minimum Gasteiger partial charge on any atom is -0.455 e. The van der Waals surface area contributed by atoms with Crippen molar-refractivity contribution in [1.29, 1.82) is 0 Å². The van der Waals surface area contributed by atoms with Gasteiger partial charge in [0.05, 0.1) is 5.69 Å². The third-order valence-electron chi connectivity index (χ3n) is 5.89. The van der Waals surface area contributed by atoms with Crippen LogP contribution in [0.4, 0.5) is 11.5 Å². The number of pyridine rings is 3. The van der Waals surface area contributed by atoms with Crippen LogP contribution in [0.15, 0.2) is 67.0 Å². The predicted molar refractivity (Wildman–Crippen MR) is 137 cm³/mol. The van der Waals surface area contributed by atoms with Crippen LogP contribution in [0.2, 0.25) is 0 Å². The molecule has 0 saturated heterocycles. The van der Waals surface area contributed by atoms with Gasteiger partial charge in [-0.25, -0.2) is 9.97 Å². The number of aromatic nitrogens is 7. The molecule has 4 aromatic heterocycles. The van der Waals surface area contributed by atoms with Crippen LogP contribution in [0.3, 0.4) is 0 Å². The van der Waals surface area contributed by atoms with E-state index < -0.39 is 0 Å². The van der Waals surface area contributed by atoms with Crippen LogP contribution in [0.25, 0.3) is 11.4 Å². The topological polar surface area (TPSA) is 114 Å². The Labute approximate surface area is 209 Å². The van der Waals surface area contributed by atoms with Crippen molar-refractivity contribution in [3.63, 3.8) is 0 Å². The van der Waals surface area contributed by atoms with Gasteiger partial charge >= 0.3 is 0 Å². The molecule has 1 aromatic carbocycles. The second-order valence-corrected chi connectivity index (χ2v) is 8.53. The molecule has 0 aliphatic carbocycles. The summed E-state index contributed by atoms with van der Waals surface area (Å²) < 4.78 is 6.31. The summed E-state index contributed by atoms with van der Waals surface area (Å²) in [7, 11) is 0. The smallest absolute Gasteiger partial charge is 0.174 e. The van der Waals surface area contributed by atoms with Gasteiger partial charge in [0.2, 0.25) is 0 Å². The number of aromatic amines is 1. The molecule has 0 amide bonds. The van der Waals surface area contributed by atoms with Crippen molar-refractivity contribution in [2.75, 3.05) is 5.32 Å². The fraction of sp³-hybridized carbons (Fsp3) is 0.185. The van der Waals surface area contributed by atoms with E-state index in [1.54, 1.807) is 12.4 Å². The number of hydrogen-bond donors (Lipinski definition) is 2. The van der Waals surface area contributed by atoms with E-state index in [-0.39, 0.29) is 0 Å². The van der Waals surface area contributed by atoms with Gasteiger partial charge in [-0.2, -0.15) is 5.21 Å².